The van der Waals surface area contributed by atoms with Crippen LogP contribution in [-0.2, 0) is 18.3 Å². The SMILES string of the molecule is Cn1c(CNc2ccc(C(=O)NC3CCOCC3)nn2)nc2ccccc21. The number of hydrogen-bond donors (Lipinski definition) is 2. The molecule has 1 aliphatic rings. The Hall–Kier alpha value is -3.00. The number of rotatable bonds is 5. The number of carbonyl (C=O) groups is 1. The molecule has 27 heavy (non-hydrogen) atoms. The largest absolute Gasteiger partial charge is 0.381 e. The number of anilines is 1. The standard InChI is InChI=1S/C19H22N6O2/c1-25-16-5-3-2-4-14(16)22-18(25)12-20-17-7-6-15(23-24-17)19(26)21-13-8-10-27-11-9-13/h2-7,13H,8-12H2,1H3,(H,20,24)(H,21,26). The zero-order valence-electron chi connectivity index (χ0n) is 15.2. The molecule has 0 aliphatic carbocycles. The lowest BCUT2D eigenvalue weighted by atomic mass is 10.1. The maximum atomic E-state index is 12.3. The molecule has 2 N–H and O–H groups in total. The van der Waals surface area contributed by atoms with Gasteiger partial charge in [-0.2, -0.15) is 0 Å². The average Bonchev–Trinajstić information content (AvgIpc) is 3.03. The molecule has 1 aliphatic heterocycles. The smallest absolute Gasteiger partial charge is 0.272 e. The summed E-state index contributed by atoms with van der Waals surface area (Å²) in [4.78, 5) is 16.9. The number of aryl methyl sites for hydroxylation is 1. The van der Waals surface area contributed by atoms with Gasteiger partial charge in [-0.05, 0) is 37.1 Å². The minimum absolute atomic E-state index is 0.142. The van der Waals surface area contributed by atoms with Crippen LogP contribution in [0, 0.1) is 0 Å². The monoisotopic (exact) mass is 366 g/mol. The number of para-hydroxylation sites is 2. The second kappa shape index (κ2) is 7.71. The first-order chi connectivity index (χ1) is 13.2. The van der Waals surface area contributed by atoms with E-state index >= 15 is 0 Å². The maximum absolute atomic E-state index is 12.3. The van der Waals surface area contributed by atoms with E-state index in [0.717, 1.165) is 29.7 Å². The van der Waals surface area contributed by atoms with Crippen LogP contribution in [0.2, 0.25) is 0 Å². The number of nitrogens with one attached hydrogen (secondary N) is 2. The highest BCUT2D eigenvalue weighted by atomic mass is 16.5. The van der Waals surface area contributed by atoms with E-state index in [1.807, 2.05) is 35.9 Å². The highest BCUT2D eigenvalue weighted by Crippen LogP contribution is 2.15. The summed E-state index contributed by atoms with van der Waals surface area (Å²) in [5, 5.41) is 14.3. The molecule has 1 fully saturated rings. The quantitative estimate of drug-likeness (QED) is 0.716. The van der Waals surface area contributed by atoms with Crippen LogP contribution in [0.5, 0.6) is 0 Å². The minimum atomic E-state index is -0.198. The summed E-state index contributed by atoms with van der Waals surface area (Å²) in [5.74, 6) is 1.31. The third kappa shape index (κ3) is 3.90. The van der Waals surface area contributed by atoms with Gasteiger partial charge in [0.25, 0.3) is 5.91 Å². The number of benzene rings is 1. The number of hydrogen-bond acceptors (Lipinski definition) is 6. The van der Waals surface area contributed by atoms with Crippen molar-refractivity contribution in [2.45, 2.75) is 25.4 Å². The summed E-state index contributed by atoms with van der Waals surface area (Å²) >= 11 is 0. The molecule has 4 rings (SSSR count). The Morgan fingerprint density at radius 2 is 2.00 bits per heavy atom. The summed E-state index contributed by atoms with van der Waals surface area (Å²) in [5.41, 5.74) is 2.36. The number of aromatic nitrogens is 4. The Morgan fingerprint density at radius 1 is 1.19 bits per heavy atom. The van der Waals surface area contributed by atoms with Crippen LogP contribution in [0.15, 0.2) is 36.4 Å². The zero-order valence-corrected chi connectivity index (χ0v) is 15.2. The molecule has 140 valence electrons. The van der Waals surface area contributed by atoms with Crippen molar-refractivity contribution < 1.29 is 9.53 Å². The van der Waals surface area contributed by atoms with Crippen molar-refractivity contribution in [2.75, 3.05) is 18.5 Å². The highest BCUT2D eigenvalue weighted by molar-refractivity contribution is 5.92. The van der Waals surface area contributed by atoms with Gasteiger partial charge < -0.3 is 19.9 Å². The number of nitrogens with zero attached hydrogens (tertiary/aromatic N) is 4. The maximum Gasteiger partial charge on any atom is 0.272 e. The van der Waals surface area contributed by atoms with Crippen molar-refractivity contribution in [2.24, 2.45) is 7.05 Å². The van der Waals surface area contributed by atoms with Crippen LogP contribution in [0.1, 0.15) is 29.2 Å². The van der Waals surface area contributed by atoms with Crippen LogP contribution in [0.4, 0.5) is 5.82 Å². The molecule has 1 saturated heterocycles. The predicted molar refractivity (Wildman–Crippen MR) is 101 cm³/mol. The molecule has 8 heteroatoms. The fraction of sp³-hybridized carbons (Fsp3) is 0.368. The highest BCUT2D eigenvalue weighted by Gasteiger charge is 2.18. The third-order valence-electron chi connectivity index (χ3n) is 4.76. The topological polar surface area (TPSA) is 94.0 Å². The molecule has 0 unspecified atom stereocenters. The average molecular weight is 366 g/mol. The molecule has 8 nitrogen and oxygen atoms in total. The summed E-state index contributed by atoms with van der Waals surface area (Å²) in [6, 6.07) is 11.6. The number of ether oxygens (including phenoxy) is 1. The van der Waals surface area contributed by atoms with Crippen molar-refractivity contribution in [1.82, 2.24) is 25.1 Å². The lowest BCUT2D eigenvalue weighted by Gasteiger charge is -2.22. The van der Waals surface area contributed by atoms with E-state index in [-0.39, 0.29) is 11.9 Å². The van der Waals surface area contributed by atoms with Crippen LogP contribution >= 0.6 is 0 Å². The van der Waals surface area contributed by atoms with Crippen molar-refractivity contribution in [3.05, 3.63) is 47.9 Å². The van der Waals surface area contributed by atoms with Crippen LogP contribution in [0.3, 0.4) is 0 Å². The van der Waals surface area contributed by atoms with Crippen LogP contribution in [0.25, 0.3) is 11.0 Å². The van der Waals surface area contributed by atoms with E-state index < -0.39 is 0 Å². The van der Waals surface area contributed by atoms with Crippen LogP contribution < -0.4 is 10.6 Å². The van der Waals surface area contributed by atoms with Crippen molar-refractivity contribution >= 4 is 22.8 Å². The van der Waals surface area contributed by atoms with Gasteiger partial charge in [-0.25, -0.2) is 4.98 Å². The molecule has 1 aromatic carbocycles. The Kier molecular flexibility index (Phi) is 4.97. The number of fused-ring (bicyclic) bond motifs is 1. The Bertz CT molecular complexity index is 931. The van der Waals surface area contributed by atoms with Crippen molar-refractivity contribution in [3.63, 3.8) is 0 Å². The van der Waals surface area contributed by atoms with Crippen LogP contribution in [-0.4, -0.2) is 44.9 Å². The molecular weight excluding hydrogens is 344 g/mol. The van der Waals surface area contributed by atoms with E-state index in [2.05, 4.69) is 25.8 Å². The molecule has 1 amide bonds. The first-order valence-corrected chi connectivity index (χ1v) is 9.07. The van der Waals surface area contributed by atoms with Gasteiger partial charge in [0.1, 0.15) is 11.6 Å². The van der Waals surface area contributed by atoms with E-state index in [4.69, 9.17) is 4.74 Å². The summed E-state index contributed by atoms with van der Waals surface area (Å²) in [6.07, 6.45) is 1.66. The zero-order chi connectivity index (χ0) is 18.6. The molecule has 0 radical (unpaired) electrons. The Morgan fingerprint density at radius 3 is 2.74 bits per heavy atom. The molecule has 3 aromatic rings. The second-order valence-corrected chi connectivity index (χ2v) is 6.59. The van der Waals surface area contributed by atoms with Gasteiger partial charge in [0.15, 0.2) is 5.69 Å². The second-order valence-electron chi connectivity index (χ2n) is 6.59. The summed E-state index contributed by atoms with van der Waals surface area (Å²) < 4.78 is 7.35. The van der Waals surface area contributed by atoms with E-state index in [9.17, 15) is 4.79 Å². The van der Waals surface area contributed by atoms with Gasteiger partial charge in [-0.1, -0.05) is 12.1 Å². The summed E-state index contributed by atoms with van der Waals surface area (Å²) in [7, 11) is 1.99. The van der Waals surface area contributed by atoms with Crippen molar-refractivity contribution in [1.29, 1.82) is 0 Å². The van der Waals surface area contributed by atoms with E-state index in [1.54, 1.807) is 12.1 Å². The fourth-order valence-corrected chi connectivity index (χ4v) is 3.17. The van der Waals surface area contributed by atoms with Crippen molar-refractivity contribution in [3.8, 4) is 0 Å². The third-order valence-corrected chi connectivity index (χ3v) is 4.76. The van der Waals surface area contributed by atoms with Gasteiger partial charge in [-0.15, -0.1) is 10.2 Å². The first kappa shape index (κ1) is 17.4. The molecule has 0 saturated carbocycles. The molecule has 0 bridgehead atoms. The Balaban J connectivity index is 1.37. The van der Waals surface area contributed by atoms with Gasteiger partial charge in [-0.3, -0.25) is 4.79 Å². The molecule has 2 aromatic heterocycles. The molecule has 3 heterocycles. The van der Waals surface area contributed by atoms with Gasteiger partial charge in [0.2, 0.25) is 0 Å². The van der Waals surface area contributed by atoms with E-state index in [1.165, 1.54) is 0 Å². The van der Waals surface area contributed by atoms with Gasteiger partial charge in [0.05, 0.1) is 17.6 Å². The lowest BCUT2D eigenvalue weighted by Crippen LogP contribution is -2.39. The summed E-state index contributed by atoms with van der Waals surface area (Å²) in [6.45, 7) is 1.89. The Labute approximate surface area is 157 Å². The van der Waals surface area contributed by atoms with Gasteiger partial charge >= 0.3 is 0 Å². The van der Waals surface area contributed by atoms with Gasteiger partial charge in [0, 0.05) is 26.3 Å². The lowest BCUT2D eigenvalue weighted by molar-refractivity contribution is 0.0693. The number of imidazole rings is 1. The van der Waals surface area contributed by atoms with E-state index in [0.29, 0.717) is 31.3 Å². The molecule has 0 atom stereocenters. The number of amides is 1. The molecule has 0 spiro atoms. The first-order valence-electron chi connectivity index (χ1n) is 9.07. The fourth-order valence-electron chi connectivity index (χ4n) is 3.17. The number of carbonyl (C=O) groups excluding carboxylic acids is 1. The normalized spacial score (nSPS) is 15.0. The minimum Gasteiger partial charge on any atom is -0.381 e. The molecular formula is C19H22N6O2. The predicted octanol–water partition coefficient (Wildman–Crippen LogP) is 1.88.